The molecule has 2 heterocycles. The van der Waals surface area contributed by atoms with Gasteiger partial charge in [0.25, 0.3) is 0 Å². The molecule has 0 unspecified atom stereocenters. The van der Waals surface area contributed by atoms with Crippen LogP contribution >= 0.6 is 27.3 Å². The fourth-order valence-corrected chi connectivity index (χ4v) is 2.59. The third kappa shape index (κ3) is 2.48. The van der Waals surface area contributed by atoms with Crippen LogP contribution in [0.3, 0.4) is 0 Å². The molecule has 0 aliphatic carbocycles. The van der Waals surface area contributed by atoms with Gasteiger partial charge in [-0.05, 0) is 34.1 Å². The van der Waals surface area contributed by atoms with Gasteiger partial charge in [-0.1, -0.05) is 0 Å². The summed E-state index contributed by atoms with van der Waals surface area (Å²) in [5.74, 6) is 0.365. The number of carbonyl (C=O) groups is 1. The van der Waals surface area contributed by atoms with Crippen molar-refractivity contribution in [2.24, 2.45) is 7.05 Å². The quantitative estimate of drug-likeness (QED) is 0.644. The number of aromatic nitrogens is 2. The van der Waals surface area contributed by atoms with E-state index in [2.05, 4.69) is 20.9 Å². The zero-order chi connectivity index (χ0) is 11.5. The lowest BCUT2D eigenvalue weighted by molar-refractivity contribution is 0.103. The Morgan fingerprint density at radius 3 is 3.00 bits per heavy atom. The Hall–Kier alpha value is -1.20. The number of aryl methyl sites for hydroxylation is 1. The van der Waals surface area contributed by atoms with Crippen molar-refractivity contribution in [2.45, 2.75) is 0 Å². The molecule has 2 aromatic heterocycles. The van der Waals surface area contributed by atoms with E-state index in [1.165, 1.54) is 0 Å². The minimum absolute atomic E-state index is 0.0861. The van der Waals surface area contributed by atoms with Gasteiger partial charge in [0.05, 0.1) is 0 Å². The fourth-order valence-electron chi connectivity index (χ4n) is 1.25. The molecule has 0 N–H and O–H groups in total. The maximum Gasteiger partial charge on any atom is 0.221 e. The lowest BCUT2D eigenvalue weighted by Crippen LogP contribution is -2.03. The van der Waals surface area contributed by atoms with E-state index in [9.17, 15) is 4.79 Å². The van der Waals surface area contributed by atoms with Crippen LogP contribution in [0.5, 0.6) is 0 Å². The van der Waals surface area contributed by atoms with E-state index in [1.54, 1.807) is 47.5 Å². The molecule has 0 fully saturated rings. The van der Waals surface area contributed by atoms with Crippen molar-refractivity contribution >= 4 is 39.1 Å². The number of rotatable bonds is 3. The molecular weight excluding hydrogens is 288 g/mol. The standard InChI is InChI=1S/C11H9BrN2OS/c1-14-5-4-13-11(14)10(15)3-2-9-6-8(12)7-16-9/h2-7H,1H3. The van der Waals surface area contributed by atoms with Crippen molar-refractivity contribution < 1.29 is 4.79 Å². The number of thiophene rings is 1. The molecule has 0 atom stereocenters. The second-order valence-corrected chi connectivity index (χ2v) is 5.09. The van der Waals surface area contributed by atoms with Crippen molar-refractivity contribution in [1.82, 2.24) is 9.55 Å². The average molecular weight is 297 g/mol. The van der Waals surface area contributed by atoms with Gasteiger partial charge in [0.2, 0.25) is 5.78 Å². The number of nitrogens with zero attached hydrogens (tertiary/aromatic N) is 2. The van der Waals surface area contributed by atoms with E-state index in [-0.39, 0.29) is 5.78 Å². The molecule has 0 saturated carbocycles. The molecule has 0 spiro atoms. The van der Waals surface area contributed by atoms with Gasteiger partial charge in [-0.15, -0.1) is 11.3 Å². The lowest BCUT2D eigenvalue weighted by Gasteiger charge is -1.94. The first-order valence-corrected chi connectivity index (χ1v) is 6.28. The summed E-state index contributed by atoms with van der Waals surface area (Å²) in [4.78, 5) is 16.8. The molecule has 16 heavy (non-hydrogen) atoms. The van der Waals surface area contributed by atoms with Crippen LogP contribution in [-0.2, 0) is 7.05 Å². The Balaban J connectivity index is 2.14. The van der Waals surface area contributed by atoms with E-state index < -0.39 is 0 Å². The minimum atomic E-state index is -0.0861. The summed E-state index contributed by atoms with van der Waals surface area (Å²) >= 11 is 4.94. The van der Waals surface area contributed by atoms with E-state index in [1.807, 2.05) is 11.4 Å². The normalized spacial score (nSPS) is 11.1. The third-order valence-corrected chi connectivity index (χ3v) is 3.69. The highest BCUT2D eigenvalue weighted by Crippen LogP contribution is 2.20. The molecule has 5 heteroatoms. The van der Waals surface area contributed by atoms with Gasteiger partial charge < -0.3 is 4.57 Å². The van der Waals surface area contributed by atoms with Crippen LogP contribution in [0.25, 0.3) is 6.08 Å². The molecule has 2 aromatic rings. The van der Waals surface area contributed by atoms with Crippen LogP contribution in [-0.4, -0.2) is 15.3 Å². The van der Waals surface area contributed by atoms with E-state index in [0.29, 0.717) is 5.82 Å². The number of halogens is 1. The highest BCUT2D eigenvalue weighted by Gasteiger charge is 2.06. The summed E-state index contributed by atoms with van der Waals surface area (Å²) in [5.41, 5.74) is 0. The molecule has 82 valence electrons. The van der Waals surface area contributed by atoms with Gasteiger partial charge in [0.15, 0.2) is 5.82 Å². The number of hydrogen-bond acceptors (Lipinski definition) is 3. The van der Waals surface area contributed by atoms with Gasteiger partial charge in [0.1, 0.15) is 0 Å². The molecule has 0 radical (unpaired) electrons. The van der Waals surface area contributed by atoms with Gasteiger partial charge in [-0.3, -0.25) is 4.79 Å². The smallest absolute Gasteiger partial charge is 0.221 e. The van der Waals surface area contributed by atoms with Crippen LogP contribution in [0.2, 0.25) is 0 Å². The SMILES string of the molecule is Cn1ccnc1C(=O)C=Cc1cc(Br)cs1. The van der Waals surface area contributed by atoms with E-state index in [4.69, 9.17) is 0 Å². The predicted molar refractivity (Wildman–Crippen MR) is 68.6 cm³/mol. The van der Waals surface area contributed by atoms with E-state index in [0.717, 1.165) is 9.35 Å². The number of carbonyl (C=O) groups excluding carboxylic acids is 1. The zero-order valence-corrected chi connectivity index (χ0v) is 11.0. The second-order valence-electron chi connectivity index (χ2n) is 3.23. The Kier molecular flexibility index (Phi) is 3.36. The summed E-state index contributed by atoms with van der Waals surface area (Å²) in [6.07, 6.45) is 6.71. The summed E-state index contributed by atoms with van der Waals surface area (Å²) in [7, 11) is 1.80. The molecule has 0 saturated heterocycles. The first-order valence-electron chi connectivity index (χ1n) is 4.60. The highest BCUT2D eigenvalue weighted by molar-refractivity contribution is 9.10. The number of ketones is 1. The van der Waals surface area contributed by atoms with Crippen LogP contribution < -0.4 is 0 Å². The largest absolute Gasteiger partial charge is 0.331 e. The molecule has 0 amide bonds. The van der Waals surface area contributed by atoms with Crippen molar-refractivity contribution in [1.29, 1.82) is 0 Å². The van der Waals surface area contributed by atoms with Crippen LogP contribution in [0.4, 0.5) is 0 Å². The molecule has 0 bridgehead atoms. The zero-order valence-electron chi connectivity index (χ0n) is 8.55. The van der Waals surface area contributed by atoms with Gasteiger partial charge >= 0.3 is 0 Å². The maximum absolute atomic E-state index is 11.7. The fraction of sp³-hybridized carbons (Fsp3) is 0.0909. The van der Waals surface area contributed by atoms with Gasteiger partial charge in [-0.25, -0.2) is 4.98 Å². The summed E-state index contributed by atoms with van der Waals surface area (Å²) in [5, 5.41) is 1.98. The molecule has 2 rings (SSSR count). The molecule has 0 aromatic carbocycles. The topological polar surface area (TPSA) is 34.9 Å². The number of hydrogen-bond donors (Lipinski definition) is 0. The number of imidazole rings is 1. The van der Waals surface area contributed by atoms with Crippen LogP contribution in [0.15, 0.2) is 34.4 Å². The Morgan fingerprint density at radius 1 is 1.62 bits per heavy atom. The van der Waals surface area contributed by atoms with E-state index >= 15 is 0 Å². The Morgan fingerprint density at radius 2 is 2.44 bits per heavy atom. The van der Waals surface area contributed by atoms with Crippen LogP contribution in [0.1, 0.15) is 15.5 Å². The maximum atomic E-state index is 11.7. The summed E-state index contributed by atoms with van der Waals surface area (Å²) < 4.78 is 2.73. The van der Waals surface area contributed by atoms with Crippen molar-refractivity contribution in [3.05, 3.63) is 45.1 Å². The highest BCUT2D eigenvalue weighted by atomic mass is 79.9. The second kappa shape index (κ2) is 4.76. The predicted octanol–water partition coefficient (Wildman–Crippen LogP) is 3.14. The molecule has 0 aliphatic rings. The van der Waals surface area contributed by atoms with Gasteiger partial charge in [-0.2, -0.15) is 0 Å². The first kappa shape index (κ1) is 11.3. The summed E-state index contributed by atoms with van der Waals surface area (Å²) in [6, 6.07) is 1.97. The Bertz CT molecular complexity index is 542. The Labute approximate surface area is 106 Å². The van der Waals surface area contributed by atoms with Crippen molar-refractivity contribution in [2.75, 3.05) is 0 Å². The summed E-state index contributed by atoms with van der Waals surface area (Å²) in [6.45, 7) is 0. The average Bonchev–Trinajstić information content (AvgIpc) is 2.84. The first-order chi connectivity index (χ1) is 7.66. The number of allylic oxidation sites excluding steroid dienone is 1. The lowest BCUT2D eigenvalue weighted by atomic mass is 10.3. The van der Waals surface area contributed by atoms with Crippen molar-refractivity contribution in [3.63, 3.8) is 0 Å². The molecule has 3 nitrogen and oxygen atoms in total. The monoisotopic (exact) mass is 296 g/mol. The van der Waals surface area contributed by atoms with Crippen LogP contribution in [0, 0.1) is 0 Å². The molecule has 0 aliphatic heterocycles. The van der Waals surface area contributed by atoms with Gasteiger partial charge in [0, 0.05) is 34.2 Å². The van der Waals surface area contributed by atoms with Crippen molar-refractivity contribution in [3.8, 4) is 0 Å². The minimum Gasteiger partial charge on any atom is -0.331 e. The third-order valence-electron chi connectivity index (χ3n) is 2.03. The molecular formula is C11H9BrN2OS.